The van der Waals surface area contributed by atoms with Crippen molar-refractivity contribution in [3.8, 4) is 0 Å². The van der Waals surface area contributed by atoms with Gasteiger partial charge in [-0.2, -0.15) is 0 Å². The molecule has 8 nitrogen and oxygen atoms in total. The molecule has 1 aliphatic carbocycles. The number of anilines is 1. The Hall–Kier alpha value is -2.45. The molecule has 0 spiro atoms. The van der Waals surface area contributed by atoms with Gasteiger partial charge < -0.3 is 25.2 Å². The number of ether oxygens (including phenoxy) is 1. The predicted octanol–water partition coefficient (Wildman–Crippen LogP) is 2.65. The topological polar surface area (TPSA) is 96.2 Å². The largest absolute Gasteiger partial charge is 0.369 e. The Morgan fingerprint density at radius 2 is 1.84 bits per heavy atom. The Bertz CT molecular complexity index is 1060. The van der Waals surface area contributed by atoms with Gasteiger partial charge in [-0.3, -0.25) is 14.4 Å². The van der Waals surface area contributed by atoms with E-state index in [1.165, 1.54) is 0 Å². The third-order valence-electron chi connectivity index (χ3n) is 9.47. The van der Waals surface area contributed by atoms with Crippen LogP contribution in [0.5, 0.6) is 0 Å². The molecule has 0 bridgehead atoms. The monoisotopic (exact) mass is 510 g/mol. The first-order valence-electron chi connectivity index (χ1n) is 14.0. The maximum atomic E-state index is 14.5. The highest BCUT2D eigenvalue weighted by atomic mass is 16.5. The van der Waals surface area contributed by atoms with Gasteiger partial charge in [0.05, 0.1) is 12.0 Å². The van der Waals surface area contributed by atoms with Crippen molar-refractivity contribution in [1.82, 2.24) is 9.80 Å². The van der Waals surface area contributed by atoms with Gasteiger partial charge in [0.1, 0.15) is 12.6 Å². The number of carbonyl (C=O) groups is 3. The number of primary amides is 1. The number of carbonyl (C=O) groups excluding carboxylic acids is 3. The maximum Gasteiger partial charge on any atom is 0.249 e. The third kappa shape index (κ3) is 4.78. The molecule has 4 fully saturated rings. The average molecular weight is 511 g/mol. The van der Waals surface area contributed by atoms with Crippen molar-refractivity contribution in [3.05, 3.63) is 29.3 Å². The minimum absolute atomic E-state index is 0.00720. The summed E-state index contributed by atoms with van der Waals surface area (Å²) in [5.41, 5.74) is 7.50. The smallest absolute Gasteiger partial charge is 0.249 e. The second kappa shape index (κ2) is 10.0. The van der Waals surface area contributed by atoms with Gasteiger partial charge in [-0.1, -0.05) is 27.7 Å². The van der Waals surface area contributed by atoms with Crippen LogP contribution in [0.4, 0.5) is 5.69 Å². The van der Waals surface area contributed by atoms with Crippen molar-refractivity contribution >= 4 is 23.3 Å². The number of likely N-dealkylation sites (N-methyl/N-ethyl adjacent to an activating group) is 1. The lowest BCUT2D eigenvalue weighted by Gasteiger charge is -2.39. The number of amides is 2. The molecule has 0 unspecified atom stereocenters. The minimum Gasteiger partial charge on any atom is -0.369 e. The SMILES string of the molecule is CCN1CCN(c2ccc(C(N)=O)c([C@@H](C(=O)N3C[C@@H](C4CC4)[C@H]4OCC(=O)[C@H]43)C(C)(C)CC)c2)CC1. The number of ketones is 1. The molecule has 1 aromatic carbocycles. The highest BCUT2D eigenvalue weighted by Crippen LogP contribution is 2.49. The maximum absolute atomic E-state index is 14.5. The van der Waals surface area contributed by atoms with Crippen LogP contribution in [-0.4, -0.2) is 85.4 Å². The van der Waals surface area contributed by atoms with Gasteiger partial charge in [0.25, 0.3) is 0 Å². The molecule has 0 aromatic heterocycles. The lowest BCUT2D eigenvalue weighted by molar-refractivity contribution is -0.140. The van der Waals surface area contributed by atoms with E-state index in [0.29, 0.717) is 23.6 Å². The van der Waals surface area contributed by atoms with Crippen molar-refractivity contribution in [3.63, 3.8) is 0 Å². The van der Waals surface area contributed by atoms with Crippen LogP contribution in [0, 0.1) is 17.3 Å². The van der Waals surface area contributed by atoms with Crippen LogP contribution in [0.1, 0.15) is 68.8 Å². The molecule has 2 amide bonds. The van der Waals surface area contributed by atoms with Crippen molar-refractivity contribution in [2.24, 2.45) is 23.0 Å². The van der Waals surface area contributed by atoms with Gasteiger partial charge in [-0.15, -0.1) is 0 Å². The van der Waals surface area contributed by atoms with Crippen molar-refractivity contribution < 1.29 is 19.1 Å². The summed E-state index contributed by atoms with van der Waals surface area (Å²) >= 11 is 0. The number of nitrogens with two attached hydrogens (primary N) is 1. The highest BCUT2D eigenvalue weighted by molar-refractivity contribution is 5.99. The van der Waals surface area contributed by atoms with Gasteiger partial charge in [-0.25, -0.2) is 0 Å². The lowest BCUT2D eigenvalue weighted by Crippen LogP contribution is -2.47. The van der Waals surface area contributed by atoms with Gasteiger partial charge in [-0.05, 0) is 60.9 Å². The molecule has 1 aromatic rings. The molecule has 202 valence electrons. The second-order valence-electron chi connectivity index (χ2n) is 12.0. The summed E-state index contributed by atoms with van der Waals surface area (Å²) in [4.78, 5) is 46.6. The zero-order valence-electron chi connectivity index (χ0n) is 22.7. The van der Waals surface area contributed by atoms with Crippen molar-refractivity contribution in [2.45, 2.75) is 65.0 Å². The molecular formula is C29H42N4O4. The van der Waals surface area contributed by atoms with Crippen LogP contribution >= 0.6 is 0 Å². The Balaban J connectivity index is 1.53. The van der Waals surface area contributed by atoms with E-state index in [9.17, 15) is 14.4 Å². The quantitative estimate of drug-likeness (QED) is 0.578. The Morgan fingerprint density at radius 3 is 2.43 bits per heavy atom. The fourth-order valence-electron chi connectivity index (χ4n) is 6.65. The molecule has 8 heteroatoms. The van der Waals surface area contributed by atoms with E-state index in [1.54, 1.807) is 11.0 Å². The molecule has 5 rings (SSSR count). The third-order valence-corrected chi connectivity index (χ3v) is 9.47. The summed E-state index contributed by atoms with van der Waals surface area (Å²) in [6.45, 7) is 13.8. The summed E-state index contributed by atoms with van der Waals surface area (Å²) in [7, 11) is 0. The Morgan fingerprint density at radius 1 is 1.14 bits per heavy atom. The van der Waals surface area contributed by atoms with E-state index in [4.69, 9.17) is 10.5 Å². The Kier molecular flexibility index (Phi) is 7.09. The van der Waals surface area contributed by atoms with Gasteiger partial charge >= 0.3 is 0 Å². The Labute approximate surface area is 220 Å². The summed E-state index contributed by atoms with van der Waals surface area (Å²) in [6, 6.07) is 5.24. The van der Waals surface area contributed by atoms with E-state index < -0.39 is 23.3 Å². The summed E-state index contributed by atoms with van der Waals surface area (Å²) in [5.74, 6) is -0.476. The number of piperazine rings is 1. The lowest BCUT2D eigenvalue weighted by atomic mass is 9.71. The first-order chi connectivity index (χ1) is 17.7. The molecule has 4 aliphatic rings. The molecule has 1 saturated carbocycles. The molecule has 2 N–H and O–H groups in total. The molecule has 37 heavy (non-hydrogen) atoms. The molecular weight excluding hydrogens is 468 g/mol. The highest BCUT2D eigenvalue weighted by Gasteiger charge is 2.57. The first-order valence-corrected chi connectivity index (χ1v) is 14.0. The molecule has 0 radical (unpaired) electrons. The average Bonchev–Trinajstić information content (AvgIpc) is 3.56. The van der Waals surface area contributed by atoms with Crippen LogP contribution in [0.2, 0.25) is 0 Å². The zero-order chi connectivity index (χ0) is 26.5. The summed E-state index contributed by atoms with van der Waals surface area (Å²) in [6.07, 6.45) is 2.80. The number of nitrogens with zero attached hydrogens (tertiary/aromatic N) is 3. The number of likely N-dealkylation sites (tertiary alicyclic amines) is 1. The van der Waals surface area contributed by atoms with Crippen LogP contribution in [0.15, 0.2) is 18.2 Å². The van der Waals surface area contributed by atoms with Crippen molar-refractivity contribution in [2.75, 3.05) is 50.8 Å². The molecule has 3 saturated heterocycles. The number of rotatable bonds is 8. The van der Waals surface area contributed by atoms with Gasteiger partial charge in [0, 0.05) is 49.9 Å². The predicted molar refractivity (Wildman–Crippen MR) is 143 cm³/mol. The number of Topliss-reactive ketones (excluding diaryl/α,β-unsaturated/α-hetero) is 1. The van der Waals surface area contributed by atoms with E-state index in [0.717, 1.165) is 57.7 Å². The number of fused-ring (bicyclic) bond motifs is 1. The minimum atomic E-state index is -0.594. The normalized spacial score (nSPS) is 27.5. The summed E-state index contributed by atoms with van der Waals surface area (Å²) < 4.78 is 5.93. The van der Waals surface area contributed by atoms with E-state index in [1.807, 2.05) is 12.1 Å². The molecule has 3 heterocycles. The van der Waals surface area contributed by atoms with Gasteiger partial charge in [0.15, 0.2) is 5.78 Å². The van der Waals surface area contributed by atoms with Crippen LogP contribution in [0.3, 0.4) is 0 Å². The zero-order valence-corrected chi connectivity index (χ0v) is 22.7. The van der Waals surface area contributed by atoms with Crippen molar-refractivity contribution in [1.29, 1.82) is 0 Å². The van der Waals surface area contributed by atoms with E-state index in [-0.39, 0.29) is 30.3 Å². The molecule has 3 aliphatic heterocycles. The van der Waals surface area contributed by atoms with E-state index in [2.05, 4.69) is 37.5 Å². The fraction of sp³-hybridized carbons (Fsp3) is 0.690. The standard InChI is InChI=1S/C29H42N4O4/c1-5-29(3,4)24(28(36)33-16-22(18-7-8-18)26-25(33)23(34)17-37-26)21-15-19(9-10-20(21)27(30)35)32-13-11-31(6-2)12-14-32/h9-10,15,18,22,24-26H,5-8,11-14,16-17H2,1-4H3,(H2,30,35)/t22-,24-,25+,26+/m0/s1. The molecule has 4 atom stereocenters. The fourth-order valence-corrected chi connectivity index (χ4v) is 6.65. The van der Waals surface area contributed by atoms with E-state index >= 15 is 0 Å². The van der Waals surface area contributed by atoms with Gasteiger partial charge in [0.2, 0.25) is 11.8 Å². The van der Waals surface area contributed by atoms with Crippen LogP contribution in [-0.2, 0) is 14.3 Å². The van der Waals surface area contributed by atoms with Crippen LogP contribution < -0.4 is 10.6 Å². The second-order valence-corrected chi connectivity index (χ2v) is 12.0. The first kappa shape index (κ1) is 26.2. The number of hydrogen-bond donors (Lipinski definition) is 1. The van der Waals surface area contributed by atoms with Crippen LogP contribution in [0.25, 0.3) is 0 Å². The number of benzene rings is 1. The summed E-state index contributed by atoms with van der Waals surface area (Å²) in [5, 5.41) is 0. The number of hydrogen-bond acceptors (Lipinski definition) is 6.